The summed E-state index contributed by atoms with van der Waals surface area (Å²) in [6.07, 6.45) is 0. The van der Waals surface area contributed by atoms with Crippen molar-refractivity contribution in [1.29, 1.82) is 0 Å². The van der Waals surface area contributed by atoms with Crippen LogP contribution in [-0.2, 0) is 20.0 Å². The fourth-order valence-electron chi connectivity index (χ4n) is 2.17. The lowest BCUT2D eigenvalue weighted by atomic mass is 10.3. The number of nitrogens with one attached hydrogen (secondary N) is 2. The van der Waals surface area contributed by atoms with Crippen LogP contribution in [0, 0.1) is 0 Å². The molecule has 126 valence electrons. The van der Waals surface area contributed by atoms with E-state index in [4.69, 9.17) is 0 Å². The van der Waals surface area contributed by atoms with Gasteiger partial charge in [0.05, 0.1) is 9.79 Å². The van der Waals surface area contributed by atoms with Crippen molar-refractivity contribution in [3.05, 3.63) is 24.3 Å². The van der Waals surface area contributed by atoms with Crippen LogP contribution in [0.15, 0.2) is 34.1 Å². The highest BCUT2D eigenvalue weighted by Crippen LogP contribution is 2.19. The molecule has 0 unspecified atom stereocenters. The van der Waals surface area contributed by atoms with Crippen LogP contribution in [0.25, 0.3) is 0 Å². The van der Waals surface area contributed by atoms with Gasteiger partial charge in [0.1, 0.15) is 0 Å². The first-order valence-electron chi connectivity index (χ1n) is 6.54. The molecule has 0 aliphatic carbocycles. The lowest BCUT2D eigenvalue weighted by Crippen LogP contribution is -2.51. The van der Waals surface area contributed by atoms with E-state index in [2.05, 4.69) is 10.0 Å². The highest BCUT2D eigenvalue weighted by Gasteiger charge is 2.28. The Labute approximate surface area is 137 Å². The van der Waals surface area contributed by atoms with Gasteiger partial charge in [-0.1, -0.05) is 0 Å². The zero-order valence-electron chi connectivity index (χ0n) is 12.3. The molecule has 1 saturated heterocycles. The third-order valence-corrected chi connectivity index (χ3v) is 6.68. The van der Waals surface area contributed by atoms with Crippen molar-refractivity contribution in [2.75, 3.05) is 26.7 Å². The average molecular weight is 370 g/mol. The summed E-state index contributed by atoms with van der Waals surface area (Å²) in [4.78, 5) is 0.143. The van der Waals surface area contributed by atoms with Crippen LogP contribution in [0.3, 0.4) is 0 Å². The minimum absolute atomic E-state index is 0. The molecular weight excluding hydrogens is 350 g/mol. The first-order chi connectivity index (χ1) is 9.77. The van der Waals surface area contributed by atoms with Crippen molar-refractivity contribution in [2.24, 2.45) is 0 Å². The Morgan fingerprint density at radius 3 is 2.18 bits per heavy atom. The Balaban J connectivity index is 0.00000242. The third-order valence-electron chi connectivity index (χ3n) is 3.37. The van der Waals surface area contributed by atoms with Crippen molar-refractivity contribution >= 4 is 32.5 Å². The lowest BCUT2D eigenvalue weighted by Gasteiger charge is -2.31. The van der Waals surface area contributed by atoms with E-state index >= 15 is 0 Å². The average Bonchev–Trinajstić information content (AvgIpc) is 2.47. The molecule has 2 rings (SSSR count). The van der Waals surface area contributed by atoms with Crippen LogP contribution in [0.1, 0.15) is 6.92 Å². The Morgan fingerprint density at radius 2 is 1.68 bits per heavy atom. The van der Waals surface area contributed by atoms with Gasteiger partial charge in [-0.15, -0.1) is 12.4 Å². The molecule has 10 heteroatoms. The number of piperazine rings is 1. The van der Waals surface area contributed by atoms with Crippen molar-refractivity contribution in [1.82, 2.24) is 14.3 Å². The molecule has 0 amide bonds. The zero-order valence-corrected chi connectivity index (χ0v) is 14.8. The summed E-state index contributed by atoms with van der Waals surface area (Å²) in [6.45, 7) is 3.33. The Morgan fingerprint density at radius 1 is 1.14 bits per heavy atom. The molecule has 22 heavy (non-hydrogen) atoms. The van der Waals surface area contributed by atoms with Gasteiger partial charge in [0.15, 0.2) is 0 Å². The number of hydrogen-bond donors (Lipinski definition) is 2. The number of rotatable bonds is 4. The molecule has 1 heterocycles. The monoisotopic (exact) mass is 369 g/mol. The largest absolute Gasteiger partial charge is 0.312 e. The predicted octanol–water partition coefficient (Wildman–Crippen LogP) is -0.00110. The minimum Gasteiger partial charge on any atom is -0.312 e. The molecule has 0 radical (unpaired) electrons. The third kappa shape index (κ3) is 3.98. The number of hydrogen-bond acceptors (Lipinski definition) is 5. The van der Waals surface area contributed by atoms with E-state index in [0.717, 1.165) is 0 Å². The van der Waals surface area contributed by atoms with Gasteiger partial charge in [0.25, 0.3) is 0 Å². The highest BCUT2D eigenvalue weighted by molar-refractivity contribution is 7.89. The van der Waals surface area contributed by atoms with Gasteiger partial charge in [0, 0.05) is 25.7 Å². The maximum atomic E-state index is 12.5. The topological polar surface area (TPSA) is 95.6 Å². The molecule has 1 aliphatic rings. The summed E-state index contributed by atoms with van der Waals surface area (Å²) in [7, 11) is -5.84. The fourth-order valence-corrected chi connectivity index (χ4v) is 4.43. The summed E-state index contributed by atoms with van der Waals surface area (Å²) in [5.74, 6) is 0. The summed E-state index contributed by atoms with van der Waals surface area (Å²) in [5.41, 5.74) is 0. The molecule has 1 fully saturated rings. The van der Waals surface area contributed by atoms with Gasteiger partial charge in [-0.25, -0.2) is 21.6 Å². The SMILES string of the molecule is CNS(=O)(=O)c1ccc(S(=O)(=O)N2CCN[C@H](C)C2)cc1.Cl. The molecule has 1 aromatic carbocycles. The van der Waals surface area contributed by atoms with E-state index < -0.39 is 20.0 Å². The second kappa shape index (κ2) is 7.24. The summed E-state index contributed by atoms with van der Waals surface area (Å²) < 4.78 is 51.8. The Bertz CT molecular complexity index is 704. The van der Waals surface area contributed by atoms with Crippen LogP contribution in [0.4, 0.5) is 0 Å². The van der Waals surface area contributed by atoms with Crippen LogP contribution >= 0.6 is 12.4 Å². The Kier molecular flexibility index (Phi) is 6.36. The number of benzene rings is 1. The number of nitrogens with zero attached hydrogens (tertiary/aromatic N) is 1. The van der Waals surface area contributed by atoms with E-state index in [-0.39, 0.29) is 28.2 Å². The summed E-state index contributed by atoms with van der Waals surface area (Å²) in [5, 5.41) is 3.18. The van der Waals surface area contributed by atoms with Crippen molar-refractivity contribution in [3.63, 3.8) is 0 Å². The summed E-state index contributed by atoms with van der Waals surface area (Å²) in [6, 6.07) is 5.34. The zero-order chi connectivity index (χ0) is 15.7. The molecule has 1 aliphatic heterocycles. The van der Waals surface area contributed by atoms with Crippen molar-refractivity contribution in [3.8, 4) is 0 Å². The lowest BCUT2D eigenvalue weighted by molar-refractivity contribution is 0.310. The standard InChI is InChI=1S/C12H19N3O4S2.ClH/c1-10-9-15(8-7-14-10)21(18,19)12-5-3-11(4-6-12)20(16,17)13-2;/h3-6,10,13-14H,7-9H2,1-2H3;1H/t10-;/m1./s1. The molecule has 2 N–H and O–H groups in total. The van der Waals surface area contributed by atoms with E-state index in [0.29, 0.717) is 19.6 Å². The van der Waals surface area contributed by atoms with Crippen molar-refractivity contribution in [2.45, 2.75) is 22.8 Å². The molecule has 0 saturated carbocycles. The molecular formula is C12H20ClN3O4S2. The van der Waals surface area contributed by atoms with E-state index in [1.165, 1.54) is 35.6 Å². The van der Waals surface area contributed by atoms with Crippen LogP contribution in [0.5, 0.6) is 0 Å². The van der Waals surface area contributed by atoms with Gasteiger partial charge in [-0.2, -0.15) is 4.31 Å². The smallest absolute Gasteiger partial charge is 0.243 e. The van der Waals surface area contributed by atoms with E-state index in [1.807, 2.05) is 6.92 Å². The van der Waals surface area contributed by atoms with Crippen LogP contribution < -0.4 is 10.0 Å². The minimum atomic E-state index is -3.59. The van der Waals surface area contributed by atoms with Gasteiger partial charge >= 0.3 is 0 Å². The quantitative estimate of drug-likeness (QED) is 0.778. The number of sulfonamides is 2. The molecule has 1 atom stereocenters. The van der Waals surface area contributed by atoms with Gasteiger partial charge in [-0.3, -0.25) is 0 Å². The Hall–Kier alpha value is -0.710. The maximum Gasteiger partial charge on any atom is 0.243 e. The summed E-state index contributed by atoms with van der Waals surface area (Å²) >= 11 is 0. The molecule has 0 spiro atoms. The second-order valence-electron chi connectivity index (χ2n) is 4.90. The van der Waals surface area contributed by atoms with Crippen molar-refractivity contribution < 1.29 is 16.8 Å². The maximum absolute atomic E-state index is 12.5. The van der Waals surface area contributed by atoms with E-state index in [1.54, 1.807) is 0 Å². The van der Waals surface area contributed by atoms with Crippen LogP contribution in [0.2, 0.25) is 0 Å². The molecule has 0 aromatic heterocycles. The van der Waals surface area contributed by atoms with Gasteiger partial charge < -0.3 is 5.32 Å². The first-order valence-corrected chi connectivity index (χ1v) is 9.47. The fraction of sp³-hybridized carbons (Fsp3) is 0.500. The van der Waals surface area contributed by atoms with E-state index in [9.17, 15) is 16.8 Å². The van der Waals surface area contributed by atoms with Crippen LogP contribution in [-0.4, -0.2) is 53.9 Å². The number of halogens is 1. The predicted molar refractivity (Wildman–Crippen MR) is 86.2 cm³/mol. The molecule has 0 bridgehead atoms. The first kappa shape index (κ1) is 19.3. The normalized spacial score (nSPS) is 20.4. The molecule has 7 nitrogen and oxygen atoms in total. The highest BCUT2D eigenvalue weighted by atomic mass is 35.5. The van der Waals surface area contributed by atoms with Gasteiger partial charge in [0.2, 0.25) is 20.0 Å². The van der Waals surface area contributed by atoms with Gasteiger partial charge in [-0.05, 0) is 38.2 Å². The second-order valence-corrected chi connectivity index (χ2v) is 8.72. The molecule has 1 aromatic rings.